The average Bonchev–Trinajstić information content (AvgIpc) is 2.34. The minimum Gasteiger partial charge on any atom is -0.381 e. The molecule has 0 bridgehead atoms. The second-order valence-corrected chi connectivity index (χ2v) is 6.16. The Morgan fingerprint density at radius 1 is 0.900 bits per heavy atom. The third-order valence-corrected chi connectivity index (χ3v) is 3.37. The van der Waals surface area contributed by atoms with Gasteiger partial charge in [-0.15, -0.1) is 0 Å². The summed E-state index contributed by atoms with van der Waals surface area (Å²) in [4.78, 5) is 1.91. The Labute approximate surface area is 125 Å². The first kappa shape index (κ1) is 19.8. The molecule has 0 amide bonds. The van der Waals surface area contributed by atoms with Crippen molar-refractivity contribution in [3.63, 3.8) is 0 Å². The molecule has 0 aliphatic heterocycles. The number of hydrogen-bond donors (Lipinski definition) is 2. The molecular weight excluding hydrogens is 254 g/mol. The second kappa shape index (κ2) is 13.8. The topological polar surface area (TPSA) is 52.9 Å². The lowest BCUT2D eigenvalue weighted by Crippen LogP contribution is -2.30. The van der Waals surface area contributed by atoms with Gasteiger partial charge in [0.25, 0.3) is 0 Å². The van der Waals surface area contributed by atoms with Crippen LogP contribution in [0.3, 0.4) is 0 Å². The van der Waals surface area contributed by atoms with Gasteiger partial charge in [0, 0.05) is 26.3 Å². The molecule has 0 unspecified atom stereocenters. The van der Waals surface area contributed by atoms with Crippen molar-refractivity contribution in [3.8, 4) is 0 Å². The van der Waals surface area contributed by atoms with Crippen molar-refractivity contribution in [1.82, 2.24) is 4.90 Å². The van der Waals surface area contributed by atoms with Crippen molar-refractivity contribution in [2.24, 2.45) is 5.92 Å². The summed E-state index contributed by atoms with van der Waals surface area (Å²) in [7, 11) is 1.89. The van der Waals surface area contributed by atoms with Crippen LogP contribution in [0.2, 0.25) is 0 Å². The first-order valence-corrected chi connectivity index (χ1v) is 8.14. The maximum absolute atomic E-state index is 8.80. The van der Waals surface area contributed by atoms with Crippen LogP contribution in [0.4, 0.5) is 0 Å². The number of aliphatic hydroxyl groups excluding tert-OH is 1. The highest BCUT2D eigenvalue weighted by Crippen LogP contribution is 2.10. The van der Waals surface area contributed by atoms with E-state index in [-0.39, 0.29) is 0 Å². The smallest absolute Gasteiger partial charge is 0.164 e. The summed E-state index contributed by atoms with van der Waals surface area (Å²) < 4.78 is 5.58. The summed E-state index contributed by atoms with van der Waals surface area (Å²) in [5, 5.41) is 17.6. The van der Waals surface area contributed by atoms with Crippen molar-refractivity contribution >= 4 is 0 Å². The lowest BCUT2D eigenvalue weighted by Gasteiger charge is -2.17. The highest BCUT2D eigenvalue weighted by Gasteiger charge is 2.03. The summed E-state index contributed by atoms with van der Waals surface area (Å²) in [6.07, 6.45) is 7.53. The molecule has 0 heterocycles. The molecule has 0 saturated carbocycles. The van der Waals surface area contributed by atoms with Gasteiger partial charge in [-0.1, -0.05) is 46.0 Å². The Hall–Kier alpha value is -0.160. The molecule has 0 aliphatic rings. The zero-order valence-electron chi connectivity index (χ0n) is 13.7. The van der Waals surface area contributed by atoms with Crippen LogP contribution in [0.1, 0.15) is 58.8 Å². The normalized spacial score (nSPS) is 12.0. The van der Waals surface area contributed by atoms with Gasteiger partial charge >= 0.3 is 0 Å². The summed E-state index contributed by atoms with van der Waals surface area (Å²) >= 11 is 0. The predicted molar refractivity (Wildman–Crippen MR) is 83.7 cm³/mol. The molecule has 0 radical (unpaired) electrons. The maximum atomic E-state index is 8.80. The number of aliphatic hydroxyl groups is 2. The number of likely N-dealkylation sites (N-methyl/N-ethyl adjacent to an activating group) is 1. The van der Waals surface area contributed by atoms with Crippen molar-refractivity contribution in [3.05, 3.63) is 0 Å². The number of nitrogens with zero attached hydrogens (tertiary/aromatic N) is 1. The van der Waals surface area contributed by atoms with Crippen LogP contribution in [0.25, 0.3) is 0 Å². The molecule has 0 rings (SSSR count). The Balaban J connectivity index is 3.10. The van der Waals surface area contributed by atoms with E-state index < -0.39 is 6.29 Å². The molecule has 0 aromatic heterocycles. The third-order valence-electron chi connectivity index (χ3n) is 3.37. The lowest BCUT2D eigenvalue weighted by molar-refractivity contribution is -0.0580. The molecule has 0 aliphatic carbocycles. The van der Waals surface area contributed by atoms with Crippen LogP contribution >= 0.6 is 0 Å². The highest BCUT2D eigenvalue weighted by atomic mass is 16.5. The molecule has 4 nitrogen and oxygen atoms in total. The molecule has 0 saturated heterocycles. The van der Waals surface area contributed by atoms with Gasteiger partial charge in [-0.2, -0.15) is 0 Å². The molecule has 122 valence electrons. The van der Waals surface area contributed by atoms with E-state index in [9.17, 15) is 0 Å². The van der Waals surface area contributed by atoms with Crippen molar-refractivity contribution in [1.29, 1.82) is 0 Å². The van der Waals surface area contributed by atoms with Gasteiger partial charge in [-0.05, 0) is 25.8 Å². The lowest BCUT2D eigenvalue weighted by atomic mass is 10.0. The number of rotatable bonds is 14. The predicted octanol–water partition coefficient (Wildman–Crippen LogP) is 2.63. The summed E-state index contributed by atoms with van der Waals surface area (Å²) in [6.45, 7) is 7.33. The van der Waals surface area contributed by atoms with Crippen LogP contribution < -0.4 is 0 Å². The summed E-state index contributed by atoms with van der Waals surface area (Å²) in [5.41, 5.74) is 0. The Morgan fingerprint density at radius 2 is 1.50 bits per heavy atom. The monoisotopic (exact) mass is 289 g/mol. The minimum atomic E-state index is -1.24. The zero-order chi connectivity index (χ0) is 15.2. The van der Waals surface area contributed by atoms with Gasteiger partial charge in [-0.25, -0.2) is 0 Å². The number of hydrogen-bond acceptors (Lipinski definition) is 4. The van der Waals surface area contributed by atoms with E-state index in [1.54, 1.807) is 0 Å². The Bertz CT molecular complexity index is 198. The largest absolute Gasteiger partial charge is 0.381 e. The van der Waals surface area contributed by atoms with E-state index >= 15 is 0 Å². The van der Waals surface area contributed by atoms with E-state index in [2.05, 4.69) is 13.8 Å². The first-order chi connectivity index (χ1) is 9.52. The van der Waals surface area contributed by atoms with Crippen molar-refractivity contribution < 1.29 is 14.9 Å². The van der Waals surface area contributed by atoms with Gasteiger partial charge < -0.3 is 19.8 Å². The fourth-order valence-corrected chi connectivity index (χ4v) is 2.20. The molecule has 0 spiro atoms. The first-order valence-electron chi connectivity index (χ1n) is 8.14. The minimum absolute atomic E-state index is 0.302. The van der Waals surface area contributed by atoms with Crippen LogP contribution in [0.5, 0.6) is 0 Å². The summed E-state index contributed by atoms with van der Waals surface area (Å²) in [5.74, 6) is 0.836. The van der Waals surface area contributed by atoms with Gasteiger partial charge in [0.15, 0.2) is 6.29 Å². The molecule has 0 atom stereocenters. The van der Waals surface area contributed by atoms with E-state index in [1.807, 2.05) is 11.9 Å². The van der Waals surface area contributed by atoms with Crippen LogP contribution in [-0.4, -0.2) is 54.8 Å². The molecule has 20 heavy (non-hydrogen) atoms. The molecule has 0 aromatic carbocycles. The Morgan fingerprint density at radius 3 is 2.15 bits per heavy atom. The fraction of sp³-hybridized carbons (Fsp3) is 1.00. The second-order valence-electron chi connectivity index (χ2n) is 6.16. The quantitative estimate of drug-likeness (QED) is 0.381. The number of unbranched alkanes of at least 4 members (excludes halogenated alkanes) is 4. The third kappa shape index (κ3) is 15.9. The van der Waals surface area contributed by atoms with Crippen LogP contribution in [-0.2, 0) is 4.74 Å². The molecule has 2 N–H and O–H groups in total. The molecule has 4 heteroatoms. The van der Waals surface area contributed by atoms with Gasteiger partial charge in [0.05, 0.1) is 0 Å². The van der Waals surface area contributed by atoms with Crippen molar-refractivity contribution in [2.75, 3.05) is 33.4 Å². The van der Waals surface area contributed by atoms with Crippen LogP contribution in [0, 0.1) is 5.92 Å². The van der Waals surface area contributed by atoms with E-state index in [0.29, 0.717) is 6.54 Å². The molecule has 0 fully saturated rings. The zero-order valence-corrected chi connectivity index (χ0v) is 13.7. The fourth-order valence-electron chi connectivity index (χ4n) is 2.20. The highest BCUT2D eigenvalue weighted by molar-refractivity contribution is 4.52. The van der Waals surface area contributed by atoms with Gasteiger partial charge in [-0.3, -0.25) is 0 Å². The van der Waals surface area contributed by atoms with E-state index in [4.69, 9.17) is 14.9 Å². The summed E-state index contributed by atoms with van der Waals surface area (Å²) in [6, 6.07) is 0. The Kier molecular flexibility index (Phi) is 13.7. The van der Waals surface area contributed by atoms with Crippen LogP contribution in [0.15, 0.2) is 0 Å². The average molecular weight is 289 g/mol. The molecular formula is C16H35NO3. The van der Waals surface area contributed by atoms with E-state index in [0.717, 1.165) is 38.5 Å². The standard InChI is InChI=1S/C16H35NO3/c1-15(2)10-7-5-4-6-8-12-20-13-9-11-17(3)14-16(18)19/h15-16,18-19H,4-14H2,1-3H3. The van der Waals surface area contributed by atoms with Gasteiger partial charge in [0.2, 0.25) is 0 Å². The number of ether oxygens (including phenoxy) is 1. The maximum Gasteiger partial charge on any atom is 0.164 e. The SMILES string of the molecule is CC(C)CCCCCCCOCCCN(C)CC(O)O. The molecule has 0 aromatic rings. The van der Waals surface area contributed by atoms with Gasteiger partial charge in [0.1, 0.15) is 0 Å². The van der Waals surface area contributed by atoms with Crippen molar-refractivity contribution in [2.45, 2.75) is 65.1 Å². The van der Waals surface area contributed by atoms with E-state index in [1.165, 1.54) is 32.1 Å².